The van der Waals surface area contributed by atoms with Gasteiger partial charge in [-0.3, -0.25) is 0 Å². The molecule has 0 unspecified atom stereocenters. The van der Waals surface area contributed by atoms with Gasteiger partial charge in [0.25, 0.3) is 0 Å². The summed E-state index contributed by atoms with van der Waals surface area (Å²) in [6.07, 6.45) is 1.98. The Hall–Kier alpha value is -1.49. The van der Waals surface area contributed by atoms with Gasteiger partial charge < -0.3 is 10.1 Å². The number of hydrogen-bond donors (Lipinski definition) is 1. The van der Waals surface area contributed by atoms with Gasteiger partial charge in [-0.05, 0) is 36.4 Å². The minimum absolute atomic E-state index is 0.459. The van der Waals surface area contributed by atoms with E-state index in [4.69, 9.17) is 17.3 Å². The van der Waals surface area contributed by atoms with Crippen molar-refractivity contribution in [2.45, 2.75) is 16.5 Å². The number of aromatic nitrogens is 2. The van der Waals surface area contributed by atoms with Crippen LogP contribution < -0.4 is 5.73 Å². The second kappa shape index (κ2) is 5.25. The SMILES string of the molecule is NCc1c(Sc2ccc(Cl)cc2)nc2ccccn12. The molecule has 2 aromatic heterocycles. The number of benzene rings is 1. The highest BCUT2D eigenvalue weighted by atomic mass is 35.5. The highest BCUT2D eigenvalue weighted by Crippen LogP contribution is 2.31. The molecule has 3 aromatic rings. The van der Waals surface area contributed by atoms with Crippen LogP contribution in [-0.2, 0) is 6.54 Å². The molecule has 0 amide bonds. The largest absolute Gasteiger partial charge is 0.325 e. The molecule has 2 heterocycles. The summed E-state index contributed by atoms with van der Waals surface area (Å²) in [7, 11) is 0. The molecule has 96 valence electrons. The van der Waals surface area contributed by atoms with Gasteiger partial charge in [0.15, 0.2) is 0 Å². The van der Waals surface area contributed by atoms with Crippen molar-refractivity contribution < 1.29 is 0 Å². The number of halogens is 1. The standard InChI is InChI=1S/C14H12ClN3S/c15-10-4-6-11(7-5-10)19-14-12(9-16)18-8-2-1-3-13(18)17-14/h1-8H,9,16H2. The number of hydrogen-bond acceptors (Lipinski definition) is 3. The van der Waals surface area contributed by atoms with Crippen LogP contribution in [0.25, 0.3) is 5.65 Å². The number of imidazole rings is 1. The zero-order chi connectivity index (χ0) is 13.2. The predicted molar refractivity (Wildman–Crippen MR) is 78.7 cm³/mol. The lowest BCUT2D eigenvalue weighted by atomic mass is 10.4. The Balaban J connectivity index is 2.02. The van der Waals surface area contributed by atoms with Crippen molar-refractivity contribution in [3.8, 4) is 0 Å². The van der Waals surface area contributed by atoms with Crippen LogP contribution >= 0.6 is 23.4 Å². The van der Waals surface area contributed by atoms with E-state index in [0.717, 1.165) is 26.3 Å². The van der Waals surface area contributed by atoms with Crippen LogP contribution in [0.1, 0.15) is 5.69 Å². The molecule has 19 heavy (non-hydrogen) atoms. The van der Waals surface area contributed by atoms with Crippen molar-refractivity contribution in [1.82, 2.24) is 9.38 Å². The van der Waals surface area contributed by atoms with Crippen molar-refractivity contribution in [2.24, 2.45) is 5.73 Å². The van der Waals surface area contributed by atoms with Crippen LogP contribution in [0.5, 0.6) is 0 Å². The van der Waals surface area contributed by atoms with Crippen LogP contribution in [0.15, 0.2) is 58.6 Å². The lowest BCUT2D eigenvalue weighted by Crippen LogP contribution is -2.01. The highest BCUT2D eigenvalue weighted by Gasteiger charge is 2.11. The Labute approximate surface area is 120 Å². The molecule has 0 saturated heterocycles. The summed E-state index contributed by atoms with van der Waals surface area (Å²) in [6, 6.07) is 13.6. The Morgan fingerprint density at radius 2 is 1.95 bits per heavy atom. The lowest BCUT2D eigenvalue weighted by Gasteiger charge is -2.02. The average Bonchev–Trinajstić information content (AvgIpc) is 2.78. The van der Waals surface area contributed by atoms with E-state index >= 15 is 0 Å². The third kappa shape index (κ3) is 2.47. The number of fused-ring (bicyclic) bond motifs is 1. The van der Waals surface area contributed by atoms with Gasteiger partial charge in [-0.25, -0.2) is 4.98 Å². The zero-order valence-corrected chi connectivity index (χ0v) is 11.7. The quantitative estimate of drug-likeness (QED) is 0.801. The van der Waals surface area contributed by atoms with Gasteiger partial charge in [0, 0.05) is 22.7 Å². The van der Waals surface area contributed by atoms with Gasteiger partial charge >= 0.3 is 0 Å². The van der Waals surface area contributed by atoms with E-state index in [1.807, 2.05) is 53.1 Å². The van der Waals surface area contributed by atoms with E-state index in [2.05, 4.69) is 4.98 Å². The average molecular weight is 290 g/mol. The molecule has 0 atom stereocenters. The molecule has 0 spiro atoms. The van der Waals surface area contributed by atoms with Crippen molar-refractivity contribution in [2.75, 3.05) is 0 Å². The molecule has 3 nitrogen and oxygen atoms in total. The molecule has 0 saturated carbocycles. The van der Waals surface area contributed by atoms with Gasteiger partial charge in [-0.1, -0.05) is 29.4 Å². The van der Waals surface area contributed by atoms with Crippen molar-refractivity contribution >= 4 is 29.0 Å². The Morgan fingerprint density at radius 1 is 1.16 bits per heavy atom. The molecule has 0 radical (unpaired) electrons. The molecule has 0 aliphatic rings. The lowest BCUT2D eigenvalue weighted by molar-refractivity contribution is 0.921. The van der Waals surface area contributed by atoms with Crippen LogP contribution in [0.2, 0.25) is 5.02 Å². The van der Waals surface area contributed by atoms with Gasteiger partial charge in [0.2, 0.25) is 0 Å². The monoisotopic (exact) mass is 289 g/mol. The zero-order valence-electron chi connectivity index (χ0n) is 10.1. The summed E-state index contributed by atoms with van der Waals surface area (Å²) in [5, 5.41) is 1.68. The van der Waals surface area contributed by atoms with Gasteiger partial charge in [0.05, 0.1) is 5.69 Å². The van der Waals surface area contributed by atoms with Gasteiger partial charge in [-0.15, -0.1) is 0 Å². The maximum absolute atomic E-state index is 5.89. The second-order valence-corrected chi connectivity index (χ2v) is 5.55. The van der Waals surface area contributed by atoms with Crippen LogP contribution in [0, 0.1) is 0 Å². The van der Waals surface area contributed by atoms with E-state index in [0.29, 0.717) is 6.54 Å². The second-order valence-electron chi connectivity index (χ2n) is 4.05. The smallest absolute Gasteiger partial charge is 0.138 e. The summed E-state index contributed by atoms with van der Waals surface area (Å²) in [4.78, 5) is 5.71. The molecule has 2 N–H and O–H groups in total. The third-order valence-corrected chi connectivity index (χ3v) is 4.09. The minimum Gasteiger partial charge on any atom is -0.325 e. The fraction of sp³-hybridized carbons (Fsp3) is 0.0714. The highest BCUT2D eigenvalue weighted by molar-refractivity contribution is 7.99. The first-order valence-corrected chi connectivity index (χ1v) is 7.07. The molecule has 0 aliphatic heterocycles. The van der Waals surface area contributed by atoms with Gasteiger partial charge in [0.1, 0.15) is 10.7 Å². The summed E-state index contributed by atoms with van der Waals surface area (Å²) in [5.41, 5.74) is 7.78. The van der Waals surface area contributed by atoms with Crippen molar-refractivity contribution in [3.63, 3.8) is 0 Å². The maximum atomic E-state index is 5.89. The number of rotatable bonds is 3. The first-order chi connectivity index (χ1) is 9.28. The summed E-state index contributed by atoms with van der Waals surface area (Å²) in [6.45, 7) is 0.459. The summed E-state index contributed by atoms with van der Waals surface area (Å²) < 4.78 is 2.03. The fourth-order valence-electron chi connectivity index (χ4n) is 1.91. The molecule has 0 aliphatic carbocycles. The van der Waals surface area contributed by atoms with E-state index < -0.39 is 0 Å². The Morgan fingerprint density at radius 3 is 2.68 bits per heavy atom. The van der Waals surface area contributed by atoms with Gasteiger partial charge in [-0.2, -0.15) is 0 Å². The predicted octanol–water partition coefficient (Wildman–Crippen LogP) is 3.60. The molecule has 1 aromatic carbocycles. The number of pyridine rings is 1. The molecular weight excluding hydrogens is 278 g/mol. The minimum atomic E-state index is 0.459. The summed E-state index contributed by atoms with van der Waals surface area (Å²) >= 11 is 7.49. The van der Waals surface area contributed by atoms with E-state index in [9.17, 15) is 0 Å². The third-order valence-electron chi connectivity index (χ3n) is 2.81. The molecule has 3 rings (SSSR count). The summed E-state index contributed by atoms with van der Waals surface area (Å²) in [5.74, 6) is 0. The molecular formula is C14H12ClN3S. The normalized spacial score (nSPS) is 11.1. The van der Waals surface area contributed by atoms with E-state index in [-0.39, 0.29) is 0 Å². The maximum Gasteiger partial charge on any atom is 0.138 e. The van der Waals surface area contributed by atoms with Crippen LogP contribution in [0.3, 0.4) is 0 Å². The van der Waals surface area contributed by atoms with E-state index in [1.165, 1.54) is 0 Å². The first-order valence-electron chi connectivity index (χ1n) is 5.87. The van der Waals surface area contributed by atoms with Crippen molar-refractivity contribution in [1.29, 1.82) is 0 Å². The Bertz CT molecular complexity index is 706. The van der Waals surface area contributed by atoms with Crippen LogP contribution in [0.4, 0.5) is 0 Å². The first kappa shape index (κ1) is 12.5. The fourth-order valence-corrected chi connectivity index (χ4v) is 2.97. The topological polar surface area (TPSA) is 43.3 Å². The van der Waals surface area contributed by atoms with E-state index in [1.54, 1.807) is 11.8 Å². The molecule has 0 bridgehead atoms. The van der Waals surface area contributed by atoms with Crippen molar-refractivity contribution in [3.05, 3.63) is 59.4 Å². The number of nitrogens with two attached hydrogens (primary N) is 1. The van der Waals surface area contributed by atoms with Crippen LogP contribution in [-0.4, -0.2) is 9.38 Å². The molecule has 0 fully saturated rings. The number of nitrogens with zero attached hydrogens (tertiary/aromatic N) is 2. The Kier molecular flexibility index (Phi) is 3.46. The molecule has 5 heteroatoms.